The normalized spacial score (nSPS) is 16.0. The number of benzene rings is 1. The summed E-state index contributed by atoms with van der Waals surface area (Å²) in [5.41, 5.74) is 6.03. The summed E-state index contributed by atoms with van der Waals surface area (Å²) in [5, 5.41) is 14.2. The maximum absolute atomic E-state index is 10.6. The van der Waals surface area contributed by atoms with E-state index < -0.39 is 24.3 Å². The van der Waals surface area contributed by atoms with Gasteiger partial charge in [-0.25, -0.2) is 14.6 Å². The van der Waals surface area contributed by atoms with Crippen LogP contribution in [0, 0.1) is 0 Å². The Bertz CT molecular complexity index is 1470. The lowest BCUT2D eigenvalue weighted by molar-refractivity contribution is -0.193. The van der Waals surface area contributed by atoms with Gasteiger partial charge in [-0.05, 0) is 35.9 Å². The van der Waals surface area contributed by atoms with Crippen LogP contribution in [0.4, 0.5) is 26.3 Å². The van der Waals surface area contributed by atoms with E-state index in [9.17, 15) is 26.3 Å². The van der Waals surface area contributed by atoms with Crippen LogP contribution < -0.4 is 0 Å². The van der Waals surface area contributed by atoms with Gasteiger partial charge in [0.05, 0.1) is 23.6 Å². The Morgan fingerprint density at radius 3 is 2.07 bits per heavy atom. The van der Waals surface area contributed by atoms with Crippen molar-refractivity contribution in [2.75, 3.05) is 26.7 Å². The zero-order valence-electron chi connectivity index (χ0n) is 22.6. The average molecular weight is 612 g/mol. The Hall–Kier alpha value is -4.50. The largest absolute Gasteiger partial charge is 0.490 e. The van der Waals surface area contributed by atoms with E-state index in [0.29, 0.717) is 0 Å². The molecule has 1 aromatic carbocycles. The Kier molecular flexibility index (Phi) is 10.8. The first-order valence-corrected chi connectivity index (χ1v) is 12.6. The minimum Gasteiger partial charge on any atom is -0.475 e. The first kappa shape index (κ1) is 33.0. The highest BCUT2D eigenvalue weighted by Crippen LogP contribution is 2.29. The van der Waals surface area contributed by atoms with Crippen molar-refractivity contribution in [2.24, 2.45) is 0 Å². The van der Waals surface area contributed by atoms with E-state index in [1.807, 2.05) is 30.9 Å². The predicted octanol–water partition coefficient (Wildman–Crippen LogP) is 5.15. The van der Waals surface area contributed by atoms with Crippen LogP contribution in [0.3, 0.4) is 0 Å². The number of pyridine rings is 2. The molecule has 4 heterocycles. The Morgan fingerprint density at radius 1 is 0.884 bits per heavy atom. The molecule has 43 heavy (non-hydrogen) atoms. The molecule has 5 rings (SSSR count). The van der Waals surface area contributed by atoms with Gasteiger partial charge in [-0.1, -0.05) is 42.5 Å². The van der Waals surface area contributed by atoms with Crippen LogP contribution in [0.15, 0.2) is 79.5 Å². The number of fused-ring (bicyclic) bond motifs is 1. The number of halogens is 6. The highest BCUT2D eigenvalue weighted by atomic mass is 19.4. The minimum atomic E-state index is -5.08. The Balaban J connectivity index is 0.000000303. The summed E-state index contributed by atoms with van der Waals surface area (Å²) in [6, 6.07) is 19.3. The van der Waals surface area contributed by atoms with Crippen molar-refractivity contribution >= 4 is 17.5 Å². The summed E-state index contributed by atoms with van der Waals surface area (Å²) >= 11 is 0. The number of carbonyl (C=O) groups is 2. The lowest BCUT2D eigenvalue weighted by atomic mass is 10.1. The molecule has 9 nitrogen and oxygen atoms in total. The van der Waals surface area contributed by atoms with Gasteiger partial charge in [-0.3, -0.25) is 14.8 Å². The summed E-state index contributed by atoms with van der Waals surface area (Å²) in [5.74, 6) is -5.51. The standard InChI is InChI=1S/C24H25N5.2C2HF3O2/c1-27-12-13-28(15-19-6-5-11-25-14-19)17-23(27)24-22-10-9-21(16-29(22)18-26-24)20-7-3-2-4-8-20;2*3-2(4,5)1(6)7/h2-11,14,16,18,23H,12-13,15,17H2,1H3;2*(H,6,7). The minimum absolute atomic E-state index is 0.285. The van der Waals surface area contributed by atoms with Gasteiger partial charge in [0.2, 0.25) is 0 Å². The molecular weight excluding hydrogens is 584 g/mol. The van der Waals surface area contributed by atoms with E-state index in [-0.39, 0.29) is 6.04 Å². The molecule has 0 aliphatic carbocycles. The first-order valence-electron chi connectivity index (χ1n) is 12.6. The molecule has 1 atom stereocenters. The first-order chi connectivity index (χ1) is 20.2. The van der Waals surface area contributed by atoms with E-state index in [0.717, 1.165) is 31.9 Å². The van der Waals surface area contributed by atoms with Crippen molar-refractivity contribution in [3.63, 3.8) is 0 Å². The molecule has 1 saturated heterocycles. The number of aromatic nitrogens is 3. The van der Waals surface area contributed by atoms with Gasteiger partial charge in [-0.15, -0.1) is 0 Å². The monoisotopic (exact) mass is 611 g/mol. The second kappa shape index (κ2) is 14.1. The van der Waals surface area contributed by atoms with Gasteiger partial charge in [0.1, 0.15) is 0 Å². The van der Waals surface area contributed by atoms with Gasteiger partial charge >= 0.3 is 24.3 Å². The smallest absolute Gasteiger partial charge is 0.475 e. The molecule has 3 aromatic heterocycles. The van der Waals surface area contributed by atoms with E-state index in [4.69, 9.17) is 24.8 Å². The van der Waals surface area contributed by atoms with Gasteiger partial charge < -0.3 is 14.6 Å². The lowest BCUT2D eigenvalue weighted by Gasteiger charge is -2.38. The van der Waals surface area contributed by atoms with Crippen molar-refractivity contribution < 1.29 is 46.1 Å². The van der Waals surface area contributed by atoms with E-state index in [2.05, 4.69) is 74.9 Å². The van der Waals surface area contributed by atoms with Crippen molar-refractivity contribution in [1.29, 1.82) is 0 Å². The molecular formula is C28H27F6N5O4. The number of likely N-dealkylation sites (N-methyl/N-ethyl adjacent to an activating group) is 1. The molecule has 1 aliphatic rings. The molecule has 0 bridgehead atoms. The molecule has 2 N–H and O–H groups in total. The molecule has 15 heteroatoms. The summed E-state index contributed by atoms with van der Waals surface area (Å²) in [4.78, 5) is 31.8. The molecule has 4 aromatic rings. The second-order valence-corrected chi connectivity index (χ2v) is 9.40. The fraction of sp³-hybridized carbons (Fsp3) is 0.286. The number of imidazole rings is 1. The Morgan fingerprint density at radius 2 is 1.51 bits per heavy atom. The number of rotatable bonds is 4. The summed E-state index contributed by atoms with van der Waals surface area (Å²) < 4.78 is 65.6. The van der Waals surface area contributed by atoms with Crippen LogP contribution in [-0.4, -0.2) is 85.4 Å². The second-order valence-electron chi connectivity index (χ2n) is 9.40. The van der Waals surface area contributed by atoms with Crippen molar-refractivity contribution in [2.45, 2.75) is 24.9 Å². The number of nitrogens with zero attached hydrogens (tertiary/aromatic N) is 5. The summed E-state index contributed by atoms with van der Waals surface area (Å²) in [7, 11) is 2.20. The predicted molar refractivity (Wildman–Crippen MR) is 143 cm³/mol. The van der Waals surface area contributed by atoms with Crippen molar-refractivity contribution in [3.8, 4) is 11.1 Å². The lowest BCUT2D eigenvalue weighted by Crippen LogP contribution is -2.46. The third kappa shape index (κ3) is 9.51. The van der Waals surface area contributed by atoms with Crippen LogP contribution in [0.2, 0.25) is 0 Å². The molecule has 1 unspecified atom stereocenters. The van der Waals surface area contributed by atoms with Gasteiger partial charge in [0.25, 0.3) is 0 Å². The van der Waals surface area contributed by atoms with Crippen LogP contribution in [0.1, 0.15) is 17.3 Å². The molecule has 0 amide bonds. The average Bonchev–Trinajstić information content (AvgIpc) is 3.38. The topological polar surface area (TPSA) is 111 Å². The number of carboxylic acid groups (broad SMARTS) is 2. The van der Waals surface area contributed by atoms with E-state index >= 15 is 0 Å². The van der Waals surface area contributed by atoms with Gasteiger partial charge in [0.15, 0.2) is 0 Å². The number of hydrogen-bond acceptors (Lipinski definition) is 6. The van der Waals surface area contributed by atoms with Crippen LogP contribution in [0.25, 0.3) is 16.6 Å². The van der Waals surface area contributed by atoms with Gasteiger partial charge in [0, 0.05) is 44.8 Å². The molecule has 230 valence electrons. The van der Waals surface area contributed by atoms with E-state index in [1.165, 1.54) is 22.2 Å². The maximum Gasteiger partial charge on any atom is 0.490 e. The van der Waals surface area contributed by atoms with Crippen LogP contribution in [-0.2, 0) is 16.1 Å². The quantitative estimate of drug-likeness (QED) is 0.305. The maximum atomic E-state index is 10.6. The molecule has 1 fully saturated rings. The number of carboxylic acids is 2. The fourth-order valence-electron chi connectivity index (χ4n) is 4.20. The van der Waals surface area contributed by atoms with Crippen LogP contribution in [0.5, 0.6) is 0 Å². The molecule has 1 aliphatic heterocycles. The third-order valence-electron chi connectivity index (χ3n) is 6.33. The molecule has 0 radical (unpaired) electrons. The Labute approximate surface area is 241 Å². The fourth-order valence-corrected chi connectivity index (χ4v) is 4.20. The number of piperazine rings is 1. The third-order valence-corrected chi connectivity index (χ3v) is 6.33. The zero-order valence-corrected chi connectivity index (χ0v) is 22.6. The number of hydrogen-bond donors (Lipinski definition) is 2. The van der Waals surface area contributed by atoms with E-state index in [1.54, 1.807) is 0 Å². The highest BCUT2D eigenvalue weighted by molar-refractivity contribution is 5.73. The van der Waals surface area contributed by atoms with Crippen molar-refractivity contribution in [1.82, 2.24) is 24.2 Å². The zero-order chi connectivity index (χ0) is 31.8. The van der Waals surface area contributed by atoms with Crippen molar-refractivity contribution in [3.05, 3.63) is 90.8 Å². The molecule has 0 saturated carbocycles. The number of aliphatic carboxylic acids is 2. The molecule has 0 spiro atoms. The number of alkyl halides is 6. The summed E-state index contributed by atoms with van der Waals surface area (Å²) in [6.45, 7) is 4.00. The van der Waals surface area contributed by atoms with Crippen LogP contribution >= 0.6 is 0 Å². The SMILES string of the molecule is CN1CCN(Cc2cccnc2)CC1c1ncn2cc(-c3ccccc3)ccc12.O=C(O)C(F)(F)F.O=C(O)C(F)(F)F. The highest BCUT2D eigenvalue weighted by Gasteiger charge is 2.39. The van der Waals surface area contributed by atoms with Gasteiger partial charge in [-0.2, -0.15) is 26.3 Å². The summed E-state index contributed by atoms with van der Waals surface area (Å²) in [6.07, 6.45) is -2.25.